The van der Waals surface area contributed by atoms with E-state index in [1.54, 1.807) is 36.0 Å². The number of carbonyl (C=O) groups excluding carboxylic acids is 1. The molecule has 0 spiro atoms. The summed E-state index contributed by atoms with van der Waals surface area (Å²) < 4.78 is 0. The first kappa shape index (κ1) is 16.2. The molecule has 0 aliphatic carbocycles. The van der Waals surface area contributed by atoms with E-state index in [1.807, 2.05) is 18.2 Å². The summed E-state index contributed by atoms with van der Waals surface area (Å²) >= 11 is 13.6. The Morgan fingerprint density at radius 2 is 1.76 bits per heavy atom. The predicted molar refractivity (Wildman–Crippen MR) is 91.9 cm³/mol. The number of halogens is 2. The van der Waals surface area contributed by atoms with E-state index in [2.05, 4.69) is 19.2 Å². The zero-order chi connectivity index (χ0) is 15.4. The first-order chi connectivity index (χ1) is 9.94. The minimum Gasteiger partial charge on any atom is -0.322 e. The molecule has 0 aliphatic rings. The zero-order valence-electron chi connectivity index (χ0n) is 11.7. The maximum absolute atomic E-state index is 12.3. The summed E-state index contributed by atoms with van der Waals surface area (Å²) in [6.07, 6.45) is 0. The Morgan fingerprint density at radius 3 is 2.38 bits per heavy atom. The molecule has 0 heterocycles. The van der Waals surface area contributed by atoms with Crippen molar-refractivity contribution in [2.24, 2.45) is 0 Å². The molecule has 0 atom stereocenters. The molecule has 2 aromatic carbocycles. The lowest BCUT2D eigenvalue weighted by atomic mass is 10.2. The third-order valence-electron chi connectivity index (χ3n) is 2.59. The second kappa shape index (κ2) is 7.21. The molecule has 1 amide bonds. The molecule has 0 bridgehead atoms. The fourth-order valence-corrected chi connectivity index (χ4v) is 3.23. The van der Waals surface area contributed by atoms with Gasteiger partial charge in [0.05, 0.1) is 0 Å². The summed E-state index contributed by atoms with van der Waals surface area (Å²) in [4.78, 5) is 13.3. The van der Waals surface area contributed by atoms with Crippen LogP contribution in [0.25, 0.3) is 0 Å². The summed E-state index contributed by atoms with van der Waals surface area (Å²) in [6, 6.07) is 12.5. The molecule has 0 saturated carbocycles. The van der Waals surface area contributed by atoms with Crippen LogP contribution in [0.15, 0.2) is 47.4 Å². The van der Waals surface area contributed by atoms with E-state index in [9.17, 15) is 4.79 Å². The minimum absolute atomic E-state index is 0.181. The monoisotopic (exact) mass is 339 g/mol. The van der Waals surface area contributed by atoms with Crippen molar-refractivity contribution < 1.29 is 4.79 Å². The molecule has 1 N–H and O–H groups in total. The topological polar surface area (TPSA) is 29.1 Å². The number of rotatable bonds is 4. The lowest BCUT2D eigenvalue weighted by Gasteiger charge is -2.09. The van der Waals surface area contributed by atoms with Gasteiger partial charge in [-0.05, 0) is 36.4 Å². The van der Waals surface area contributed by atoms with Crippen LogP contribution in [0.5, 0.6) is 0 Å². The van der Waals surface area contributed by atoms with E-state index >= 15 is 0 Å². The van der Waals surface area contributed by atoms with Crippen LogP contribution in [0.3, 0.4) is 0 Å². The van der Waals surface area contributed by atoms with Crippen molar-refractivity contribution in [1.29, 1.82) is 0 Å². The van der Waals surface area contributed by atoms with Crippen molar-refractivity contribution in [3.63, 3.8) is 0 Å². The minimum atomic E-state index is -0.181. The SMILES string of the molecule is CC(C)Sc1cccc(C(=O)Nc2cc(Cl)cc(Cl)c2)c1. The highest BCUT2D eigenvalue weighted by molar-refractivity contribution is 7.99. The van der Waals surface area contributed by atoms with Gasteiger partial charge in [-0.3, -0.25) is 4.79 Å². The Labute approximate surface area is 138 Å². The highest BCUT2D eigenvalue weighted by Gasteiger charge is 2.09. The van der Waals surface area contributed by atoms with Crippen LogP contribution in [0, 0.1) is 0 Å². The highest BCUT2D eigenvalue weighted by atomic mass is 35.5. The van der Waals surface area contributed by atoms with E-state index in [0.29, 0.717) is 26.5 Å². The molecular weight excluding hydrogens is 325 g/mol. The fourth-order valence-electron chi connectivity index (χ4n) is 1.81. The number of benzene rings is 2. The Kier molecular flexibility index (Phi) is 5.57. The van der Waals surface area contributed by atoms with Crippen LogP contribution >= 0.6 is 35.0 Å². The van der Waals surface area contributed by atoms with E-state index in [4.69, 9.17) is 23.2 Å². The fraction of sp³-hybridized carbons (Fsp3) is 0.188. The van der Waals surface area contributed by atoms with Gasteiger partial charge in [0.25, 0.3) is 5.91 Å². The van der Waals surface area contributed by atoms with Gasteiger partial charge in [0.1, 0.15) is 0 Å². The van der Waals surface area contributed by atoms with Gasteiger partial charge >= 0.3 is 0 Å². The van der Waals surface area contributed by atoms with Gasteiger partial charge in [0.15, 0.2) is 0 Å². The molecule has 0 aromatic heterocycles. The molecule has 0 radical (unpaired) electrons. The summed E-state index contributed by atoms with van der Waals surface area (Å²) in [5, 5.41) is 4.25. The number of thioether (sulfide) groups is 1. The standard InChI is InChI=1S/C16H15Cl2NOS/c1-10(2)21-15-5-3-4-11(6-15)16(20)19-14-8-12(17)7-13(18)9-14/h3-10H,1-2H3,(H,19,20). The maximum Gasteiger partial charge on any atom is 0.255 e. The van der Waals surface area contributed by atoms with Gasteiger partial charge in [0, 0.05) is 31.4 Å². The molecule has 2 rings (SSSR count). The van der Waals surface area contributed by atoms with Crippen LogP contribution in [0.4, 0.5) is 5.69 Å². The smallest absolute Gasteiger partial charge is 0.255 e. The molecule has 0 unspecified atom stereocenters. The van der Waals surface area contributed by atoms with E-state index < -0.39 is 0 Å². The summed E-state index contributed by atoms with van der Waals surface area (Å²) in [7, 11) is 0. The maximum atomic E-state index is 12.3. The molecule has 110 valence electrons. The molecule has 5 heteroatoms. The third-order valence-corrected chi connectivity index (χ3v) is 4.02. The van der Waals surface area contributed by atoms with Gasteiger partial charge in [-0.25, -0.2) is 0 Å². The third kappa shape index (κ3) is 4.95. The Bertz CT molecular complexity index is 638. The van der Waals surface area contributed by atoms with Crippen LogP contribution < -0.4 is 5.32 Å². The van der Waals surface area contributed by atoms with Crippen molar-refractivity contribution in [2.45, 2.75) is 24.0 Å². The number of hydrogen-bond donors (Lipinski definition) is 1. The quantitative estimate of drug-likeness (QED) is 0.719. The largest absolute Gasteiger partial charge is 0.322 e. The zero-order valence-corrected chi connectivity index (χ0v) is 14.0. The van der Waals surface area contributed by atoms with Crippen LogP contribution in [-0.2, 0) is 0 Å². The first-order valence-corrected chi connectivity index (χ1v) is 8.12. The van der Waals surface area contributed by atoms with Gasteiger partial charge in [-0.1, -0.05) is 43.1 Å². The average Bonchev–Trinajstić information content (AvgIpc) is 2.36. The molecular formula is C16H15Cl2NOS. The number of carbonyl (C=O) groups is 1. The normalized spacial score (nSPS) is 10.7. The van der Waals surface area contributed by atoms with Crippen molar-refractivity contribution in [3.05, 3.63) is 58.1 Å². The van der Waals surface area contributed by atoms with Crippen molar-refractivity contribution in [1.82, 2.24) is 0 Å². The second-order valence-corrected chi connectivity index (χ2v) is 7.33. The predicted octanol–water partition coefficient (Wildman–Crippen LogP) is 5.75. The molecule has 0 aliphatic heterocycles. The van der Waals surface area contributed by atoms with Crippen molar-refractivity contribution in [2.75, 3.05) is 5.32 Å². The second-order valence-electron chi connectivity index (χ2n) is 4.81. The lowest BCUT2D eigenvalue weighted by Crippen LogP contribution is -2.11. The Balaban J connectivity index is 2.16. The highest BCUT2D eigenvalue weighted by Crippen LogP contribution is 2.25. The van der Waals surface area contributed by atoms with Gasteiger partial charge < -0.3 is 5.32 Å². The van der Waals surface area contributed by atoms with E-state index in [-0.39, 0.29) is 5.91 Å². The number of amides is 1. The van der Waals surface area contributed by atoms with Crippen molar-refractivity contribution >= 4 is 46.6 Å². The summed E-state index contributed by atoms with van der Waals surface area (Å²) in [5.41, 5.74) is 1.19. The van der Waals surface area contributed by atoms with Gasteiger partial charge in [-0.15, -0.1) is 11.8 Å². The number of hydrogen-bond acceptors (Lipinski definition) is 2. The average molecular weight is 340 g/mol. The molecule has 21 heavy (non-hydrogen) atoms. The van der Waals surface area contributed by atoms with E-state index in [0.717, 1.165) is 4.90 Å². The van der Waals surface area contributed by atoms with Crippen LogP contribution in [0.1, 0.15) is 24.2 Å². The van der Waals surface area contributed by atoms with Crippen LogP contribution in [-0.4, -0.2) is 11.2 Å². The summed E-state index contributed by atoms with van der Waals surface area (Å²) in [5.74, 6) is -0.181. The Morgan fingerprint density at radius 1 is 1.10 bits per heavy atom. The van der Waals surface area contributed by atoms with Crippen molar-refractivity contribution in [3.8, 4) is 0 Å². The van der Waals surface area contributed by atoms with Crippen LogP contribution in [0.2, 0.25) is 10.0 Å². The van der Waals surface area contributed by atoms with Gasteiger partial charge in [-0.2, -0.15) is 0 Å². The number of nitrogens with one attached hydrogen (secondary N) is 1. The van der Waals surface area contributed by atoms with E-state index in [1.165, 1.54) is 0 Å². The Hall–Kier alpha value is -1.16. The first-order valence-electron chi connectivity index (χ1n) is 6.48. The van der Waals surface area contributed by atoms with Gasteiger partial charge in [0.2, 0.25) is 0 Å². The molecule has 2 aromatic rings. The summed E-state index contributed by atoms with van der Waals surface area (Å²) in [6.45, 7) is 4.23. The molecule has 0 fully saturated rings. The molecule has 0 saturated heterocycles. The number of anilines is 1. The molecule has 2 nitrogen and oxygen atoms in total. The lowest BCUT2D eigenvalue weighted by molar-refractivity contribution is 0.102.